The van der Waals surface area contributed by atoms with Gasteiger partial charge in [0.15, 0.2) is 0 Å². The average Bonchev–Trinajstić information content (AvgIpc) is 2.28. The molecule has 0 radical (unpaired) electrons. The summed E-state index contributed by atoms with van der Waals surface area (Å²) in [7, 11) is 0. The Morgan fingerprint density at radius 2 is 2.06 bits per heavy atom. The Balaban J connectivity index is 3.04. The van der Waals surface area contributed by atoms with Crippen LogP contribution in [0.15, 0.2) is 18.2 Å². The Kier molecular flexibility index (Phi) is 4.55. The number of rotatable bonds is 4. The standard InChI is InChI=1S/C14H22N2O/c1-5-8-16(10(2)3)14(17)13-9-12(15)7-6-11(13)4/h6-7,9-10H,5,8,15H2,1-4H3. The predicted octanol–water partition coefficient (Wildman–Crippen LogP) is 2.84. The van der Waals surface area contributed by atoms with Crippen molar-refractivity contribution >= 4 is 11.6 Å². The Morgan fingerprint density at radius 1 is 1.41 bits per heavy atom. The van der Waals surface area contributed by atoms with Crippen LogP contribution in [-0.4, -0.2) is 23.4 Å². The third kappa shape index (κ3) is 3.22. The molecule has 0 aliphatic rings. The minimum absolute atomic E-state index is 0.0756. The van der Waals surface area contributed by atoms with E-state index in [-0.39, 0.29) is 11.9 Å². The fraction of sp³-hybridized carbons (Fsp3) is 0.500. The summed E-state index contributed by atoms with van der Waals surface area (Å²) in [6.45, 7) is 8.88. The van der Waals surface area contributed by atoms with Crippen molar-refractivity contribution in [3.63, 3.8) is 0 Å². The van der Waals surface area contributed by atoms with Crippen LogP contribution >= 0.6 is 0 Å². The zero-order valence-electron chi connectivity index (χ0n) is 11.2. The van der Waals surface area contributed by atoms with Crippen LogP contribution in [0.2, 0.25) is 0 Å². The fourth-order valence-corrected chi connectivity index (χ4v) is 1.86. The molecule has 0 bridgehead atoms. The summed E-state index contributed by atoms with van der Waals surface area (Å²) in [5, 5.41) is 0. The zero-order valence-corrected chi connectivity index (χ0v) is 11.2. The molecule has 1 aromatic rings. The minimum atomic E-state index is 0.0756. The second-order valence-corrected chi connectivity index (χ2v) is 4.67. The first kappa shape index (κ1) is 13.6. The number of hydrogen-bond acceptors (Lipinski definition) is 2. The number of benzene rings is 1. The maximum absolute atomic E-state index is 12.4. The number of nitrogens with two attached hydrogens (primary N) is 1. The topological polar surface area (TPSA) is 46.3 Å². The average molecular weight is 234 g/mol. The SMILES string of the molecule is CCCN(C(=O)c1cc(N)ccc1C)C(C)C. The van der Waals surface area contributed by atoms with E-state index in [0.717, 1.165) is 18.5 Å². The normalized spacial score (nSPS) is 10.6. The lowest BCUT2D eigenvalue weighted by Crippen LogP contribution is -2.37. The molecule has 0 aromatic heterocycles. The summed E-state index contributed by atoms with van der Waals surface area (Å²) in [6, 6.07) is 5.70. The highest BCUT2D eigenvalue weighted by atomic mass is 16.2. The molecular weight excluding hydrogens is 212 g/mol. The molecule has 0 heterocycles. The number of carbonyl (C=O) groups excluding carboxylic acids is 1. The van der Waals surface area contributed by atoms with E-state index < -0.39 is 0 Å². The Bertz CT molecular complexity index is 399. The van der Waals surface area contributed by atoms with Crippen molar-refractivity contribution in [3.8, 4) is 0 Å². The van der Waals surface area contributed by atoms with Crippen molar-refractivity contribution in [2.45, 2.75) is 40.2 Å². The molecule has 1 aromatic carbocycles. The molecule has 0 saturated heterocycles. The van der Waals surface area contributed by atoms with E-state index in [9.17, 15) is 4.79 Å². The van der Waals surface area contributed by atoms with Gasteiger partial charge in [0.25, 0.3) is 5.91 Å². The Hall–Kier alpha value is -1.51. The van der Waals surface area contributed by atoms with Crippen LogP contribution in [0.5, 0.6) is 0 Å². The first-order chi connectivity index (χ1) is 7.97. The molecule has 0 spiro atoms. The molecule has 0 saturated carbocycles. The van der Waals surface area contributed by atoms with Crippen LogP contribution in [-0.2, 0) is 0 Å². The Labute approximate surface area is 104 Å². The molecule has 2 N–H and O–H groups in total. The van der Waals surface area contributed by atoms with Crippen molar-refractivity contribution < 1.29 is 4.79 Å². The van der Waals surface area contributed by atoms with Crippen LogP contribution in [0.3, 0.4) is 0 Å². The summed E-state index contributed by atoms with van der Waals surface area (Å²) in [6.07, 6.45) is 0.964. The third-order valence-electron chi connectivity index (χ3n) is 2.84. The number of hydrogen-bond donors (Lipinski definition) is 1. The largest absolute Gasteiger partial charge is 0.399 e. The first-order valence-electron chi connectivity index (χ1n) is 6.14. The van der Waals surface area contributed by atoms with Gasteiger partial charge in [0.05, 0.1) is 0 Å². The van der Waals surface area contributed by atoms with E-state index in [4.69, 9.17) is 5.73 Å². The van der Waals surface area contributed by atoms with E-state index in [1.54, 1.807) is 6.07 Å². The summed E-state index contributed by atoms with van der Waals surface area (Å²) in [4.78, 5) is 14.3. The predicted molar refractivity (Wildman–Crippen MR) is 72.1 cm³/mol. The van der Waals surface area contributed by atoms with Crippen molar-refractivity contribution in [2.75, 3.05) is 12.3 Å². The molecule has 0 atom stereocenters. The monoisotopic (exact) mass is 234 g/mol. The summed E-state index contributed by atoms with van der Waals surface area (Å²) >= 11 is 0. The van der Waals surface area contributed by atoms with E-state index >= 15 is 0 Å². The number of amides is 1. The number of nitrogens with zero attached hydrogens (tertiary/aromatic N) is 1. The van der Waals surface area contributed by atoms with Gasteiger partial charge in [-0.3, -0.25) is 4.79 Å². The molecule has 0 fully saturated rings. The van der Waals surface area contributed by atoms with Gasteiger partial charge in [0.2, 0.25) is 0 Å². The lowest BCUT2D eigenvalue weighted by atomic mass is 10.1. The molecule has 3 nitrogen and oxygen atoms in total. The lowest BCUT2D eigenvalue weighted by molar-refractivity contribution is 0.0705. The quantitative estimate of drug-likeness (QED) is 0.814. The molecule has 0 aliphatic carbocycles. The van der Waals surface area contributed by atoms with Gasteiger partial charge in [0, 0.05) is 23.8 Å². The molecular formula is C14H22N2O. The van der Waals surface area contributed by atoms with Crippen molar-refractivity contribution in [2.24, 2.45) is 0 Å². The molecule has 0 aliphatic heterocycles. The van der Waals surface area contributed by atoms with Crippen molar-refractivity contribution in [1.29, 1.82) is 0 Å². The van der Waals surface area contributed by atoms with Gasteiger partial charge in [-0.25, -0.2) is 0 Å². The van der Waals surface area contributed by atoms with Gasteiger partial charge in [-0.15, -0.1) is 0 Å². The molecule has 94 valence electrons. The summed E-state index contributed by atoms with van der Waals surface area (Å²) in [5.41, 5.74) is 8.08. The zero-order chi connectivity index (χ0) is 13.0. The maximum atomic E-state index is 12.4. The highest BCUT2D eigenvalue weighted by Crippen LogP contribution is 2.16. The van der Waals surface area contributed by atoms with Crippen LogP contribution < -0.4 is 5.73 Å². The highest BCUT2D eigenvalue weighted by Gasteiger charge is 2.19. The van der Waals surface area contributed by atoms with Crippen LogP contribution in [0.4, 0.5) is 5.69 Å². The van der Waals surface area contributed by atoms with Crippen LogP contribution in [0.25, 0.3) is 0 Å². The number of carbonyl (C=O) groups is 1. The van der Waals surface area contributed by atoms with E-state index in [1.165, 1.54) is 0 Å². The lowest BCUT2D eigenvalue weighted by Gasteiger charge is -2.27. The van der Waals surface area contributed by atoms with Crippen LogP contribution in [0.1, 0.15) is 43.1 Å². The number of aryl methyl sites for hydroxylation is 1. The van der Waals surface area contributed by atoms with Gasteiger partial charge in [-0.05, 0) is 44.9 Å². The van der Waals surface area contributed by atoms with Gasteiger partial charge in [-0.2, -0.15) is 0 Å². The molecule has 3 heteroatoms. The second-order valence-electron chi connectivity index (χ2n) is 4.67. The van der Waals surface area contributed by atoms with E-state index in [2.05, 4.69) is 6.92 Å². The number of anilines is 1. The summed E-state index contributed by atoms with van der Waals surface area (Å²) in [5.74, 6) is 0.0756. The molecule has 1 amide bonds. The number of nitrogen functional groups attached to an aromatic ring is 1. The molecule has 0 unspecified atom stereocenters. The molecule has 1 rings (SSSR count). The van der Waals surface area contributed by atoms with E-state index in [0.29, 0.717) is 11.3 Å². The van der Waals surface area contributed by atoms with Crippen LogP contribution in [0, 0.1) is 6.92 Å². The maximum Gasteiger partial charge on any atom is 0.254 e. The van der Waals surface area contributed by atoms with Crippen molar-refractivity contribution in [3.05, 3.63) is 29.3 Å². The third-order valence-corrected chi connectivity index (χ3v) is 2.84. The van der Waals surface area contributed by atoms with E-state index in [1.807, 2.05) is 37.8 Å². The Morgan fingerprint density at radius 3 is 2.59 bits per heavy atom. The van der Waals surface area contributed by atoms with Gasteiger partial charge < -0.3 is 10.6 Å². The minimum Gasteiger partial charge on any atom is -0.399 e. The summed E-state index contributed by atoms with van der Waals surface area (Å²) < 4.78 is 0. The van der Waals surface area contributed by atoms with Gasteiger partial charge in [-0.1, -0.05) is 13.0 Å². The van der Waals surface area contributed by atoms with Crippen molar-refractivity contribution in [1.82, 2.24) is 4.90 Å². The second kappa shape index (κ2) is 5.71. The first-order valence-corrected chi connectivity index (χ1v) is 6.14. The molecule has 17 heavy (non-hydrogen) atoms. The van der Waals surface area contributed by atoms with Gasteiger partial charge >= 0.3 is 0 Å². The van der Waals surface area contributed by atoms with Gasteiger partial charge in [0.1, 0.15) is 0 Å². The smallest absolute Gasteiger partial charge is 0.254 e. The highest BCUT2D eigenvalue weighted by molar-refractivity contribution is 5.96. The fourth-order valence-electron chi connectivity index (χ4n) is 1.86.